The number of carbonyl (C=O) groups is 8. The standard InChI is InChI=1S/C53H86N10O26/c1-50(2)42(70)60(46(74)56-50)17-80-15-27-37(78-9)31(64)22(11-12-82-23-13-24(33(66)29(54)32(23)65)83-18-61-43(71)51(3,4)57-47(61)75)40(87-27)89-38-28(88-41(79-10)39(36(38)69)85-20-63-45(73)53(7,8)59-49(63)77)16-81-21-86-26-14-25(34(67)30(55)35(26)68)84-19-62-44(72)52(5,6)58-48(62)76/h22-41,64-69H,11-21,54-55H2,1-10H3,(H,56,74)(H,57,75)(H,58,76)(H,59,77)/t22?,23?,24-,25-,26?,27?,28?,29?,30?,31?,32+,33-,34-,35+,36?,37?,38?,39?,40?,41?/m0/s1. The van der Waals surface area contributed by atoms with Gasteiger partial charge in [0.25, 0.3) is 23.6 Å². The second kappa shape index (κ2) is 27.7. The predicted molar refractivity (Wildman–Crippen MR) is 293 cm³/mol. The first-order valence-corrected chi connectivity index (χ1v) is 29.1. The molecule has 8 fully saturated rings. The third-order valence-electron chi connectivity index (χ3n) is 17.2. The van der Waals surface area contributed by atoms with Crippen molar-refractivity contribution in [2.75, 3.05) is 67.8 Å². The average molecular weight is 1280 g/mol. The molecule has 14 unspecified atom stereocenters. The largest absolute Gasteiger partial charge is 0.390 e. The van der Waals surface area contributed by atoms with Crippen molar-refractivity contribution in [3.63, 3.8) is 0 Å². The van der Waals surface area contributed by atoms with Crippen LogP contribution in [-0.4, -0.2) is 304 Å². The van der Waals surface area contributed by atoms with E-state index in [1.807, 2.05) is 0 Å². The molecule has 0 aromatic heterocycles. The number of ether oxygens (including phenoxy) is 12. The van der Waals surface area contributed by atoms with Gasteiger partial charge in [0.05, 0.1) is 80.2 Å². The molecule has 89 heavy (non-hydrogen) atoms. The maximum absolute atomic E-state index is 13.3. The molecule has 14 N–H and O–H groups in total. The molecule has 0 radical (unpaired) electrons. The Morgan fingerprint density at radius 1 is 0.461 bits per heavy atom. The molecule has 0 aromatic rings. The molecular weight excluding hydrogens is 1190 g/mol. The number of urea groups is 4. The summed E-state index contributed by atoms with van der Waals surface area (Å²) in [5.74, 6) is -3.64. The van der Waals surface area contributed by atoms with Crippen LogP contribution in [0.5, 0.6) is 0 Å². The number of nitrogens with one attached hydrogen (secondary N) is 4. The van der Waals surface area contributed by atoms with Crippen molar-refractivity contribution >= 4 is 47.8 Å². The fraction of sp³-hybridized carbons (Fsp3) is 0.849. The van der Waals surface area contributed by atoms with E-state index in [1.54, 1.807) is 0 Å². The van der Waals surface area contributed by atoms with Crippen LogP contribution >= 0.6 is 0 Å². The Hall–Kier alpha value is -5.04. The minimum absolute atomic E-state index is 0.201. The Bertz CT molecular complexity index is 2610. The van der Waals surface area contributed by atoms with Gasteiger partial charge in [-0.3, -0.25) is 19.2 Å². The van der Waals surface area contributed by atoms with Crippen molar-refractivity contribution < 1.29 is 126 Å². The summed E-state index contributed by atoms with van der Waals surface area (Å²) < 4.78 is 72.6. The molecule has 8 rings (SSSR count). The van der Waals surface area contributed by atoms with Crippen molar-refractivity contribution in [1.82, 2.24) is 40.9 Å². The van der Waals surface area contributed by atoms with Gasteiger partial charge in [0.15, 0.2) is 12.6 Å². The molecule has 6 aliphatic heterocycles. The SMILES string of the molecule is COC1OC(COCOC2C[C@H](OCN3C(=O)NC(C)(C)C3=O)[C@H](O)C(N)[C@@H]2O)C(OC2OC(COCN3C(=O)NC(C)(C)C3=O)C(OC)C(O)C2CCOC2C[C@H](OCN3C(=O)NC(C)(C)C3=O)[C@H](O)C(N)[C@@H]2O)C(O)C1OCN1C(=O)NC(C)(C)C1=O. The Morgan fingerprint density at radius 2 is 0.843 bits per heavy atom. The normalized spacial score (nSPS) is 38.6. The van der Waals surface area contributed by atoms with Crippen LogP contribution in [0.4, 0.5) is 19.2 Å². The molecule has 0 aromatic carbocycles. The summed E-state index contributed by atoms with van der Waals surface area (Å²) in [7, 11) is 2.48. The van der Waals surface area contributed by atoms with Crippen LogP contribution in [0.3, 0.4) is 0 Å². The van der Waals surface area contributed by atoms with Crippen molar-refractivity contribution in [1.29, 1.82) is 0 Å². The summed E-state index contributed by atoms with van der Waals surface area (Å²) in [6.45, 7) is 7.61. The third kappa shape index (κ3) is 14.6. The molecule has 2 aliphatic carbocycles. The van der Waals surface area contributed by atoms with Crippen molar-refractivity contribution in [3.8, 4) is 0 Å². The first-order chi connectivity index (χ1) is 41.7. The van der Waals surface area contributed by atoms with Gasteiger partial charge in [-0.1, -0.05) is 0 Å². The van der Waals surface area contributed by atoms with Crippen molar-refractivity contribution in [2.45, 2.75) is 213 Å². The number of hydrogen-bond acceptors (Lipinski definition) is 28. The highest BCUT2D eigenvalue weighted by Gasteiger charge is 2.55. The van der Waals surface area contributed by atoms with Gasteiger partial charge in [0.2, 0.25) is 0 Å². The fourth-order valence-corrected chi connectivity index (χ4v) is 11.8. The maximum atomic E-state index is 13.3. The molecule has 0 spiro atoms. The number of amides is 12. The van der Waals surface area contributed by atoms with E-state index < -0.39 is 239 Å². The molecule has 2 saturated carbocycles. The van der Waals surface area contributed by atoms with E-state index in [2.05, 4.69) is 21.3 Å². The third-order valence-corrected chi connectivity index (χ3v) is 17.2. The van der Waals surface area contributed by atoms with Gasteiger partial charge in [-0.15, -0.1) is 0 Å². The van der Waals surface area contributed by atoms with Crippen LogP contribution in [0.25, 0.3) is 0 Å². The van der Waals surface area contributed by atoms with Gasteiger partial charge < -0.3 is 120 Å². The number of methoxy groups -OCH3 is 2. The summed E-state index contributed by atoms with van der Waals surface area (Å²) in [6.07, 6.45) is -24.9. The van der Waals surface area contributed by atoms with Gasteiger partial charge in [-0.25, -0.2) is 38.8 Å². The fourth-order valence-electron chi connectivity index (χ4n) is 11.8. The van der Waals surface area contributed by atoms with Crippen LogP contribution < -0.4 is 32.7 Å². The average Bonchev–Trinajstić information content (AvgIpc) is 2.26. The van der Waals surface area contributed by atoms with E-state index in [1.165, 1.54) is 69.6 Å². The zero-order chi connectivity index (χ0) is 65.6. The molecule has 36 nitrogen and oxygen atoms in total. The summed E-state index contributed by atoms with van der Waals surface area (Å²) in [4.78, 5) is 106. The second-order valence-electron chi connectivity index (χ2n) is 25.3. The molecule has 0 bridgehead atoms. The molecule has 20 atom stereocenters. The highest BCUT2D eigenvalue weighted by Crippen LogP contribution is 2.37. The molecule has 8 aliphatic rings. The predicted octanol–water partition coefficient (Wildman–Crippen LogP) is -5.82. The quantitative estimate of drug-likeness (QED) is 0.0218. The van der Waals surface area contributed by atoms with E-state index in [0.29, 0.717) is 0 Å². The van der Waals surface area contributed by atoms with E-state index >= 15 is 0 Å². The molecule has 6 saturated heterocycles. The first-order valence-electron chi connectivity index (χ1n) is 29.1. The summed E-state index contributed by atoms with van der Waals surface area (Å²) in [6, 6.07) is -5.68. The Kier molecular flexibility index (Phi) is 21.7. The van der Waals surface area contributed by atoms with Crippen LogP contribution in [0.15, 0.2) is 0 Å². The Morgan fingerprint density at radius 3 is 1.26 bits per heavy atom. The lowest BCUT2D eigenvalue weighted by molar-refractivity contribution is -0.360. The first kappa shape index (κ1) is 69.8. The maximum Gasteiger partial charge on any atom is 0.326 e. The number of aliphatic hydroxyl groups excluding tert-OH is 6. The van der Waals surface area contributed by atoms with Crippen molar-refractivity contribution in [3.05, 3.63) is 0 Å². The second-order valence-corrected chi connectivity index (χ2v) is 25.3. The van der Waals surface area contributed by atoms with Gasteiger partial charge in [-0.05, 0) is 61.8 Å². The van der Waals surface area contributed by atoms with Gasteiger partial charge in [0, 0.05) is 39.6 Å². The summed E-state index contributed by atoms with van der Waals surface area (Å²) in [5, 5.41) is 79.4. The van der Waals surface area contributed by atoms with Crippen LogP contribution in [-0.2, 0) is 76.0 Å². The van der Waals surface area contributed by atoms with Crippen LogP contribution in [0, 0.1) is 5.92 Å². The molecule has 504 valence electrons. The molecule has 6 heterocycles. The number of rotatable bonds is 26. The zero-order valence-corrected chi connectivity index (χ0v) is 51.1. The summed E-state index contributed by atoms with van der Waals surface area (Å²) in [5.41, 5.74) is 7.46. The topological polar surface area (TPSA) is 482 Å². The molecular formula is C53H86N10O26. The zero-order valence-electron chi connectivity index (χ0n) is 51.1. The van der Waals surface area contributed by atoms with E-state index in [0.717, 1.165) is 19.6 Å². The number of nitrogens with two attached hydrogens (primary N) is 2. The summed E-state index contributed by atoms with van der Waals surface area (Å²) >= 11 is 0. The number of carbonyl (C=O) groups excluding carboxylic acids is 8. The smallest absolute Gasteiger partial charge is 0.326 e. The molecule has 12 amide bonds. The lowest BCUT2D eigenvalue weighted by atomic mass is 9.85. The minimum Gasteiger partial charge on any atom is -0.390 e. The van der Waals surface area contributed by atoms with E-state index in [4.69, 9.17) is 68.3 Å². The molecule has 36 heteroatoms. The number of hydrogen-bond donors (Lipinski definition) is 12. The monoisotopic (exact) mass is 1280 g/mol. The number of aliphatic hydroxyl groups is 6. The van der Waals surface area contributed by atoms with Gasteiger partial charge in [0.1, 0.15) is 92.5 Å². The highest BCUT2D eigenvalue weighted by molar-refractivity contribution is 6.08. The Balaban J connectivity index is 1.02. The lowest BCUT2D eigenvalue weighted by Crippen LogP contribution is -2.64. The van der Waals surface area contributed by atoms with Crippen LogP contribution in [0.2, 0.25) is 0 Å². The lowest BCUT2D eigenvalue weighted by Gasteiger charge is -2.48. The van der Waals surface area contributed by atoms with E-state index in [9.17, 15) is 69.0 Å². The minimum atomic E-state index is -1.85. The van der Waals surface area contributed by atoms with Crippen molar-refractivity contribution in [2.24, 2.45) is 17.4 Å². The number of nitrogens with zero attached hydrogens (tertiary/aromatic N) is 4. The highest BCUT2D eigenvalue weighted by atomic mass is 16.8. The van der Waals surface area contributed by atoms with Crippen LogP contribution in [0.1, 0.15) is 74.7 Å². The van der Waals surface area contributed by atoms with Gasteiger partial charge in [-0.2, -0.15) is 0 Å². The van der Waals surface area contributed by atoms with Gasteiger partial charge >= 0.3 is 24.1 Å². The van der Waals surface area contributed by atoms with E-state index in [-0.39, 0.29) is 25.9 Å². The number of imide groups is 4. The Labute approximate surface area is 511 Å².